The van der Waals surface area contributed by atoms with Gasteiger partial charge in [-0.3, -0.25) is 28.9 Å². The van der Waals surface area contributed by atoms with E-state index in [0.717, 1.165) is 23.1 Å². The van der Waals surface area contributed by atoms with Gasteiger partial charge in [-0.05, 0) is 33.1 Å². The fourth-order valence-electron chi connectivity index (χ4n) is 4.87. The maximum Gasteiger partial charge on any atom is 1.00 e. The third-order valence-electron chi connectivity index (χ3n) is 7.69. The van der Waals surface area contributed by atoms with Crippen LogP contribution in [0.15, 0.2) is 0 Å². The summed E-state index contributed by atoms with van der Waals surface area (Å²) >= 11 is 0.843. The molecule has 14 nitrogen and oxygen atoms in total. The largest absolute Gasteiger partial charge is 1.00 e. The van der Waals surface area contributed by atoms with Gasteiger partial charge in [0.25, 0.3) is 0 Å². The second-order valence-electron chi connectivity index (χ2n) is 12.4. The van der Waals surface area contributed by atoms with E-state index in [1.54, 1.807) is 13.8 Å². The van der Waals surface area contributed by atoms with Crippen LogP contribution in [0.4, 0.5) is 0 Å². The third-order valence-corrected chi connectivity index (χ3v) is 10.2. The number of hydrogen-bond donors (Lipinski definition) is 1. The number of carbonyl (C=O) groups excluding carboxylic acids is 5. The average Bonchev–Trinajstić information content (AvgIpc) is 3.20. The number of likely N-dealkylation sites (tertiary alicyclic amines) is 1. The smallest absolute Gasteiger partial charge is 0.748 e. The Labute approximate surface area is 305 Å². The summed E-state index contributed by atoms with van der Waals surface area (Å²) in [7, 11) is -1.98. The number of nitrogens with one attached hydrogen (secondary N) is 1. The quantitative estimate of drug-likeness (QED) is 0.0395. The second-order valence-corrected chi connectivity index (χ2v) is 15.2. The zero-order chi connectivity index (χ0) is 35.3. The molecule has 262 valence electrons. The fourth-order valence-corrected chi connectivity index (χ4v) is 7.27. The Kier molecular flexibility index (Phi) is 19.9. The molecule has 5 atom stereocenters. The Hall–Kier alpha value is -1.74. The van der Waals surface area contributed by atoms with Crippen molar-refractivity contribution in [3.63, 3.8) is 0 Å². The zero-order valence-electron chi connectivity index (χ0n) is 28.8. The van der Waals surface area contributed by atoms with Crippen molar-refractivity contribution in [1.29, 1.82) is 0 Å². The van der Waals surface area contributed by atoms with E-state index in [2.05, 4.69) is 10.2 Å². The number of methoxy groups -OCH3 is 1. The van der Waals surface area contributed by atoms with E-state index in [-0.39, 0.29) is 75.1 Å². The Balaban J connectivity index is 0.0000212. The summed E-state index contributed by atoms with van der Waals surface area (Å²) < 4.78 is 50.4. The number of hydrogen-bond acceptors (Lipinski definition) is 12. The molecule has 1 rings (SSSR count). The summed E-state index contributed by atoms with van der Waals surface area (Å²) in [5, 5.41) is 0.380. The Bertz CT molecular complexity index is 1240. The van der Waals surface area contributed by atoms with Gasteiger partial charge in [-0.25, -0.2) is 15.0 Å². The fraction of sp³-hybridized carbons (Fsp3) is 0.800. The minimum Gasteiger partial charge on any atom is -0.748 e. The first kappa shape index (κ1) is 45.3. The number of unbranched alkanes of at least 4 members (excludes halogenated alkanes) is 1. The average molecular weight is 714 g/mol. The summed E-state index contributed by atoms with van der Waals surface area (Å²) in [4.78, 5) is 70.2. The van der Waals surface area contributed by atoms with Crippen molar-refractivity contribution in [1.82, 2.24) is 10.2 Å². The van der Waals surface area contributed by atoms with Gasteiger partial charge < -0.3 is 28.9 Å². The molecule has 1 fully saturated rings. The van der Waals surface area contributed by atoms with Gasteiger partial charge in [-0.1, -0.05) is 20.3 Å². The molecule has 5 unspecified atom stereocenters. The van der Waals surface area contributed by atoms with Gasteiger partial charge in [-0.15, -0.1) is 11.8 Å². The summed E-state index contributed by atoms with van der Waals surface area (Å²) in [5.74, 6) is -6.07. The van der Waals surface area contributed by atoms with E-state index in [4.69, 9.17) is 20.8 Å². The molecular formula is C30H48N3NaO11S2. The standard InChI is InChI=1S/C30H49N3O11S2.Na/c1-9-11-12-43-27(37)20(15-21(18-30(5,10-2)31-6)28(38)44-14-13-42-8)16-22(45-23-17-24(34)33(7)26(23)36)25(35)32-29(3,4)19-46(39,40)41;/h20-23H,9-19H2,1-5,7-8H3,(H,32,35)(H,39,40,41);/q;+1/p-1. The molecule has 0 radical (unpaired) electrons. The van der Waals surface area contributed by atoms with Gasteiger partial charge in [0, 0.05) is 45.9 Å². The van der Waals surface area contributed by atoms with Gasteiger partial charge in [-0.2, -0.15) is 0 Å². The molecule has 1 aliphatic heterocycles. The number of nitrogens with zero attached hydrogens (tertiary/aromatic N) is 2. The molecule has 0 saturated carbocycles. The van der Waals surface area contributed by atoms with Gasteiger partial charge in [0.05, 0.1) is 51.4 Å². The topological polar surface area (TPSA) is 190 Å². The predicted octanol–water partition coefficient (Wildman–Crippen LogP) is -0.687. The molecular weight excluding hydrogens is 665 g/mol. The van der Waals surface area contributed by atoms with Crippen LogP contribution < -0.4 is 34.9 Å². The van der Waals surface area contributed by atoms with Gasteiger partial charge in [0.15, 0.2) is 0 Å². The van der Waals surface area contributed by atoms with Crippen LogP contribution in [0.1, 0.15) is 79.6 Å². The molecule has 0 aromatic rings. The molecule has 3 amide bonds. The van der Waals surface area contributed by atoms with Crippen LogP contribution >= 0.6 is 11.8 Å². The summed E-state index contributed by atoms with van der Waals surface area (Å²) in [5.41, 5.74) is -2.46. The number of ether oxygens (including phenoxy) is 3. The molecule has 0 bridgehead atoms. The van der Waals surface area contributed by atoms with Crippen molar-refractivity contribution in [3.8, 4) is 0 Å². The van der Waals surface area contributed by atoms with E-state index >= 15 is 0 Å². The van der Waals surface area contributed by atoms with Crippen LogP contribution in [0.25, 0.3) is 4.85 Å². The number of thioether (sulfide) groups is 1. The van der Waals surface area contributed by atoms with Crippen LogP contribution in [-0.2, 0) is 48.3 Å². The molecule has 1 N–H and O–H groups in total. The summed E-state index contributed by atoms with van der Waals surface area (Å²) in [6.45, 7) is 16.0. The van der Waals surface area contributed by atoms with Crippen molar-refractivity contribution in [2.75, 3.05) is 39.7 Å². The van der Waals surface area contributed by atoms with Crippen molar-refractivity contribution in [3.05, 3.63) is 11.4 Å². The normalized spacial score (nSPS) is 18.3. The number of rotatable bonds is 21. The first-order chi connectivity index (χ1) is 21.3. The van der Waals surface area contributed by atoms with Crippen molar-refractivity contribution in [2.45, 2.75) is 101 Å². The van der Waals surface area contributed by atoms with Crippen molar-refractivity contribution >= 4 is 51.5 Å². The van der Waals surface area contributed by atoms with Crippen LogP contribution in [0.2, 0.25) is 0 Å². The van der Waals surface area contributed by atoms with Crippen LogP contribution in [-0.4, -0.2) is 109 Å². The number of imide groups is 1. The molecule has 1 heterocycles. The minimum atomic E-state index is -4.74. The molecule has 0 aromatic heterocycles. The van der Waals surface area contributed by atoms with E-state index in [0.29, 0.717) is 12.8 Å². The summed E-state index contributed by atoms with van der Waals surface area (Å²) in [6.07, 6.45) is 1.16. The van der Waals surface area contributed by atoms with Crippen molar-refractivity contribution < 1.29 is 80.7 Å². The number of esters is 2. The van der Waals surface area contributed by atoms with Crippen LogP contribution in [0, 0.1) is 18.4 Å². The molecule has 1 aliphatic rings. The maximum atomic E-state index is 13.7. The number of amides is 3. The van der Waals surface area contributed by atoms with E-state index in [1.165, 1.54) is 28.0 Å². The minimum absolute atomic E-state index is 0. The van der Waals surface area contributed by atoms with E-state index in [9.17, 15) is 36.9 Å². The molecule has 1 saturated heterocycles. The molecule has 0 aromatic carbocycles. The second kappa shape index (κ2) is 20.7. The Morgan fingerprint density at radius 2 is 1.68 bits per heavy atom. The third kappa shape index (κ3) is 16.0. The van der Waals surface area contributed by atoms with E-state index in [1.807, 2.05) is 6.92 Å². The SMILES string of the molecule is [C-]#[N+]C(C)(CC)CC(CC(CC(SC1CC(=O)N(C)C1=O)C(=O)NC(C)(C)CS(=O)(=O)[O-])C(=O)OCCCC)C(=O)OCCOC.[Na+]. The molecule has 17 heteroatoms. The first-order valence-corrected chi connectivity index (χ1v) is 17.8. The Morgan fingerprint density at radius 3 is 2.17 bits per heavy atom. The van der Waals surface area contributed by atoms with Crippen LogP contribution in [0.5, 0.6) is 0 Å². The molecule has 0 aliphatic carbocycles. The Morgan fingerprint density at radius 1 is 1.09 bits per heavy atom. The molecule has 0 spiro atoms. The van der Waals surface area contributed by atoms with Gasteiger partial charge >= 0.3 is 41.5 Å². The number of carbonyl (C=O) groups is 5. The van der Waals surface area contributed by atoms with Crippen molar-refractivity contribution in [2.24, 2.45) is 11.8 Å². The zero-order valence-corrected chi connectivity index (χ0v) is 32.4. The maximum absolute atomic E-state index is 13.7. The van der Waals surface area contributed by atoms with E-state index < -0.39 is 78.9 Å². The van der Waals surface area contributed by atoms with Crippen LogP contribution in [0.3, 0.4) is 0 Å². The van der Waals surface area contributed by atoms with Gasteiger partial charge in [0.1, 0.15) is 6.61 Å². The first-order valence-electron chi connectivity index (χ1n) is 15.2. The van der Waals surface area contributed by atoms with Gasteiger partial charge in [0.2, 0.25) is 23.3 Å². The summed E-state index contributed by atoms with van der Waals surface area (Å²) in [6, 6.07) is 0. The molecule has 47 heavy (non-hydrogen) atoms. The predicted molar refractivity (Wildman–Crippen MR) is 169 cm³/mol. The monoisotopic (exact) mass is 713 g/mol.